The number of carbonyl (C=O) groups excluding carboxylic acids is 2. The lowest BCUT2D eigenvalue weighted by molar-refractivity contribution is -0.154. The lowest BCUT2D eigenvalue weighted by Gasteiger charge is -2.19. The Balaban J connectivity index is 2.20. The SMILES string of the molecule is CC(C)(C)OC(=O)CCCCCCNC(=O)c1ccc(S(N)(=O)=O)cc1. The van der Waals surface area contributed by atoms with Crippen molar-refractivity contribution in [1.29, 1.82) is 0 Å². The van der Waals surface area contributed by atoms with Crippen LogP contribution in [-0.2, 0) is 19.6 Å². The van der Waals surface area contributed by atoms with Gasteiger partial charge in [0, 0.05) is 18.5 Å². The van der Waals surface area contributed by atoms with Crippen LogP contribution in [0.3, 0.4) is 0 Å². The van der Waals surface area contributed by atoms with E-state index in [-0.39, 0.29) is 16.8 Å². The van der Waals surface area contributed by atoms with Gasteiger partial charge in [0.25, 0.3) is 5.91 Å². The molecule has 0 bridgehead atoms. The number of nitrogens with two attached hydrogens (primary N) is 1. The highest BCUT2D eigenvalue weighted by molar-refractivity contribution is 7.89. The van der Waals surface area contributed by atoms with Crippen LogP contribution in [0.4, 0.5) is 0 Å². The third kappa shape index (κ3) is 8.96. The predicted octanol–water partition coefficient (Wildman–Crippen LogP) is 2.36. The molecule has 8 heteroatoms. The Morgan fingerprint density at radius 1 is 1.04 bits per heavy atom. The first-order chi connectivity index (χ1) is 12.0. The molecule has 0 aromatic heterocycles. The minimum absolute atomic E-state index is 0.0287. The molecular formula is C18H28N2O5S. The van der Waals surface area contributed by atoms with Crippen molar-refractivity contribution in [2.24, 2.45) is 5.14 Å². The van der Waals surface area contributed by atoms with Gasteiger partial charge in [0.2, 0.25) is 10.0 Å². The zero-order valence-corrected chi connectivity index (χ0v) is 16.4. The molecule has 1 rings (SSSR count). The van der Waals surface area contributed by atoms with Gasteiger partial charge in [-0.2, -0.15) is 0 Å². The lowest BCUT2D eigenvalue weighted by Crippen LogP contribution is -2.24. The van der Waals surface area contributed by atoms with Crippen molar-refractivity contribution in [3.63, 3.8) is 0 Å². The zero-order chi connectivity index (χ0) is 19.8. The first-order valence-corrected chi connectivity index (χ1v) is 10.2. The molecule has 1 amide bonds. The zero-order valence-electron chi connectivity index (χ0n) is 15.6. The number of nitrogens with one attached hydrogen (secondary N) is 1. The van der Waals surface area contributed by atoms with Gasteiger partial charge in [0.15, 0.2) is 0 Å². The van der Waals surface area contributed by atoms with Gasteiger partial charge in [0.05, 0.1) is 4.90 Å². The fourth-order valence-corrected chi connectivity index (χ4v) is 2.76. The molecule has 3 N–H and O–H groups in total. The van der Waals surface area contributed by atoms with Gasteiger partial charge in [-0.1, -0.05) is 12.8 Å². The van der Waals surface area contributed by atoms with E-state index in [0.717, 1.165) is 25.7 Å². The van der Waals surface area contributed by atoms with E-state index in [1.807, 2.05) is 20.8 Å². The molecule has 7 nitrogen and oxygen atoms in total. The topological polar surface area (TPSA) is 116 Å². The van der Waals surface area contributed by atoms with E-state index in [0.29, 0.717) is 18.5 Å². The maximum atomic E-state index is 12.0. The number of esters is 1. The fourth-order valence-electron chi connectivity index (χ4n) is 2.24. The molecule has 0 unspecified atom stereocenters. The van der Waals surface area contributed by atoms with Crippen LogP contribution in [0.1, 0.15) is 63.2 Å². The van der Waals surface area contributed by atoms with Crippen LogP contribution in [0.25, 0.3) is 0 Å². The monoisotopic (exact) mass is 384 g/mol. The normalized spacial score (nSPS) is 11.8. The Kier molecular flexibility index (Phi) is 8.23. The molecule has 1 aromatic carbocycles. The van der Waals surface area contributed by atoms with Crippen LogP contribution >= 0.6 is 0 Å². The van der Waals surface area contributed by atoms with E-state index in [2.05, 4.69) is 5.32 Å². The molecule has 0 atom stereocenters. The summed E-state index contributed by atoms with van der Waals surface area (Å²) in [4.78, 5) is 23.5. The summed E-state index contributed by atoms with van der Waals surface area (Å²) in [5.74, 6) is -0.450. The Labute approximate surface area is 155 Å². The number of rotatable bonds is 9. The van der Waals surface area contributed by atoms with E-state index >= 15 is 0 Å². The molecule has 0 radical (unpaired) electrons. The summed E-state index contributed by atoms with van der Waals surface area (Å²) in [6, 6.07) is 5.47. The molecule has 1 aromatic rings. The first-order valence-electron chi connectivity index (χ1n) is 8.62. The third-order valence-electron chi connectivity index (χ3n) is 3.46. The van der Waals surface area contributed by atoms with Crippen molar-refractivity contribution in [2.75, 3.05) is 6.54 Å². The predicted molar refractivity (Wildman–Crippen MR) is 99.1 cm³/mol. The van der Waals surface area contributed by atoms with Crippen LogP contribution in [0.5, 0.6) is 0 Å². The van der Waals surface area contributed by atoms with E-state index in [9.17, 15) is 18.0 Å². The molecule has 0 aliphatic heterocycles. The number of ether oxygens (including phenoxy) is 1. The van der Waals surface area contributed by atoms with Gasteiger partial charge >= 0.3 is 5.97 Å². The molecule has 26 heavy (non-hydrogen) atoms. The van der Waals surface area contributed by atoms with Gasteiger partial charge in [-0.25, -0.2) is 13.6 Å². The average molecular weight is 384 g/mol. The summed E-state index contributed by atoms with van der Waals surface area (Å²) in [5, 5.41) is 7.79. The van der Waals surface area contributed by atoms with Gasteiger partial charge in [-0.05, 0) is 57.9 Å². The van der Waals surface area contributed by atoms with Crippen LogP contribution < -0.4 is 10.5 Å². The highest BCUT2D eigenvalue weighted by atomic mass is 32.2. The summed E-state index contributed by atoms with van der Waals surface area (Å²) in [6.45, 7) is 6.05. The van der Waals surface area contributed by atoms with Crippen LogP contribution in [0.2, 0.25) is 0 Å². The smallest absolute Gasteiger partial charge is 0.306 e. The Morgan fingerprint density at radius 2 is 1.62 bits per heavy atom. The molecule has 0 aliphatic rings. The summed E-state index contributed by atoms with van der Waals surface area (Å²) < 4.78 is 27.6. The summed E-state index contributed by atoms with van der Waals surface area (Å²) in [6.07, 6.45) is 3.75. The minimum Gasteiger partial charge on any atom is -0.460 e. The third-order valence-corrected chi connectivity index (χ3v) is 4.39. The number of primary sulfonamides is 1. The summed E-state index contributed by atoms with van der Waals surface area (Å²) >= 11 is 0. The lowest BCUT2D eigenvalue weighted by atomic mass is 10.1. The van der Waals surface area contributed by atoms with Gasteiger partial charge in [-0.3, -0.25) is 9.59 Å². The number of amides is 1. The van der Waals surface area contributed by atoms with Crippen LogP contribution in [0.15, 0.2) is 29.2 Å². The second kappa shape index (κ2) is 9.68. The quantitative estimate of drug-likeness (QED) is 0.501. The molecule has 146 valence electrons. The molecule has 0 saturated heterocycles. The van der Waals surface area contributed by atoms with Gasteiger partial charge < -0.3 is 10.1 Å². The number of carbonyl (C=O) groups is 2. The molecule has 0 saturated carbocycles. The molecule has 0 fully saturated rings. The Morgan fingerprint density at radius 3 is 2.15 bits per heavy atom. The molecule has 0 heterocycles. The van der Waals surface area contributed by atoms with Crippen LogP contribution in [0, 0.1) is 0 Å². The first kappa shape index (κ1) is 22.1. The molecule has 0 spiro atoms. The van der Waals surface area contributed by atoms with Gasteiger partial charge in [0.1, 0.15) is 5.60 Å². The number of hydrogen-bond acceptors (Lipinski definition) is 5. The highest BCUT2D eigenvalue weighted by Gasteiger charge is 2.15. The van der Waals surface area contributed by atoms with E-state index < -0.39 is 15.6 Å². The fraction of sp³-hybridized carbons (Fsp3) is 0.556. The average Bonchev–Trinajstić information content (AvgIpc) is 2.51. The van der Waals surface area contributed by atoms with E-state index in [1.165, 1.54) is 24.3 Å². The van der Waals surface area contributed by atoms with Crippen molar-refractivity contribution in [2.45, 2.75) is 63.4 Å². The molecule has 0 aliphatic carbocycles. The summed E-state index contributed by atoms with van der Waals surface area (Å²) in [7, 11) is -3.76. The summed E-state index contributed by atoms with van der Waals surface area (Å²) in [5.41, 5.74) is -0.0733. The Hall–Kier alpha value is -1.93. The Bertz CT molecular complexity index is 706. The second-order valence-corrected chi connectivity index (χ2v) is 8.64. The van der Waals surface area contributed by atoms with Crippen molar-refractivity contribution in [1.82, 2.24) is 5.32 Å². The number of benzene rings is 1. The maximum Gasteiger partial charge on any atom is 0.306 e. The minimum atomic E-state index is -3.76. The van der Waals surface area contributed by atoms with Crippen molar-refractivity contribution in [3.05, 3.63) is 29.8 Å². The standard InChI is InChI=1S/C18H28N2O5S/c1-18(2,3)25-16(21)8-6-4-5-7-13-20-17(22)14-9-11-15(12-10-14)26(19,23)24/h9-12H,4-8,13H2,1-3H3,(H,20,22)(H2,19,23,24). The maximum absolute atomic E-state index is 12.0. The number of unbranched alkanes of at least 4 members (excludes halogenated alkanes) is 3. The van der Waals surface area contributed by atoms with Crippen molar-refractivity contribution < 1.29 is 22.7 Å². The van der Waals surface area contributed by atoms with E-state index in [4.69, 9.17) is 9.88 Å². The second-order valence-electron chi connectivity index (χ2n) is 7.08. The van der Waals surface area contributed by atoms with E-state index in [1.54, 1.807) is 0 Å². The van der Waals surface area contributed by atoms with Crippen molar-refractivity contribution in [3.8, 4) is 0 Å². The van der Waals surface area contributed by atoms with Crippen LogP contribution in [-0.4, -0.2) is 32.4 Å². The largest absolute Gasteiger partial charge is 0.460 e. The van der Waals surface area contributed by atoms with Crippen molar-refractivity contribution >= 4 is 21.9 Å². The molecular weight excluding hydrogens is 356 g/mol. The number of sulfonamides is 1. The number of hydrogen-bond donors (Lipinski definition) is 2. The van der Waals surface area contributed by atoms with Gasteiger partial charge in [-0.15, -0.1) is 0 Å². The highest BCUT2D eigenvalue weighted by Crippen LogP contribution is 2.11.